The van der Waals surface area contributed by atoms with Gasteiger partial charge in [0.05, 0.1) is 6.20 Å². The molecule has 1 aromatic carbocycles. The molecule has 0 spiro atoms. The highest BCUT2D eigenvalue weighted by molar-refractivity contribution is 5.83. The van der Waals surface area contributed by atoms with Crippen LogP contribution in [0, 0.1) is 22.7 Å². The van der Waals surface area contributed by atoms with Crippen molar-refractivity contribution in [2.24, 2.45) is 10.2 Å². The Morgan fingerprint density at radius 2 is 1.77 bits per heavy atom. The average Bonchev–Trinajstić information content (AvgIpc) is 3.22. The molecule has 3 heterocycles. The lowest BCUT2D eigenvalue weighted by atomic mass is 10.0. The number of azo groups is 1. The molecule has 4 rings (SSSR count). The van der Waals surface area contributed by atoms with E-state index >= 15 is 0 Å². The van der Waals surface area contributed by atoms with Gasteiger partial charge in [0, 0.05) is 18.0 Å². The molecule has 0 aliphatic rings. The van der Waals surface area contributed by atoms with E-state index in [-0.39, 0.29) is 34.1 Å². The standard InChI is InChI=1S/C20H11N9O2/c21-9-13-11-25-29(20-23-7-4-8-24-20)17(13)28-27-16-15(12-5-2-1-3-6-12)14(10-22)18(30)26-19(16)31/h1-8,11H,(H2,26,30,31)/b28-27+. The Kier molecular flexibility index (Phi) is 4.99. The third kappa shape index (κ3) is 3.50. The Labute approximate surface area is 174 Å². The van der Waals surface area contributed by atoms with Crippen LogP contribution in [0.4, 0.5) is 11.5 Å². The first-order chi connectivity index (χ1) is 15.1. The first-order valence-electron chi connectivity index (χ1n) is 8.76. The van der Waals surface area contributed by atoms with Gasteiger partial charge in [-0.1, -0.05) is 30.3 Å². The molecule has 0 radical (unpaired) electrons. The second-order valence-electron chi connectivity index (χ2n) is 6.03. The van der Waals surface area contributed by atoms with Crippen LogP contribution < -0.4 is 5.56 Å². The van der Waals surface area contributed by atoms with E-state index in [0.29, 0.717) is 5.56 Å². The van der Waals surface area contributed by atoms with Crippen LogP contribution in [0.3, 0.4) is 0 Å². The number of nitrogens with one attached hydrogen (secondary N) is 1. The molecule has 0 atom stereocenters. The molecule has 148 valence electrons. The Balaban J connectivity index is 1.93. The summed E-state index contributed by atoms with van der Waals surface area (Å²) in [6, 6.07) is 13.9. The van der Waals surface area contributed by atoms with Crippen LogP contribution in [-0.2, 0) is 0 Å². The van der Waals surface area contributed by atoms with Crippen LogP contribution in [0.25, 0.3) is 17.1 Å². The molecule has 4 aromatic rings. The van der Waals surface area contributed by atoms with Gasteiger partial charge in [-0.05, 0) is 11.6 Å². The number of benzene rings is 1. The third-order valence-electron chi connectivity index (χ3n) is 4.19. The van der Waals surface area contributed by atoms with E-state index < -0.39 is 11.4 Å². The van der Waals surface area contributed by atoms with Crippen molar-refractivity contribution in [3.8, 4) is 35.1 Å². The van der Waals surface area contributed by atoms with Crippen LogP contribution >= 0.6 is 0 Å². The summed E-state index contributed by atoms with van der Waals surface area (Å²) in [6.45, 7) is 0. The molecule has 0 fully saturated rings. The van der Waals surface area contributed by atoms with Crippen molar-refractivity contribution in [1.29, 1.82) is 10.5 Å². The van der Waals surface area contributed by atoms with Gasteiger partial charge in [0.1, 0.15) is 23.3 Å². The fourth-order valence-electron chi connectivity index (χ4n) is 2.83. The fraction of sp³-hybridized carbons (Fsp3) is 0. The molecule has 2 N–H and O–H groups in total. The van der Waals surface area contributed by atoms with Crippen molar-refractivity contribution in [3.05, 3.63) is 76.5 Å². The normalized spacial score (nSPS) is 10.6. The van der Waals surface area contributed by atoms with Crippen LogP contribution in [-0.4, -0.2) is 29.8 Å². The third-order valence-corrected chi connectivity index (χ3v) is 4.19. The minimum Gasteiger partial charge on any atom is -0.493 e. The summed E-state index contributed by atoms with van der Waals surface area (Å²) in [5, 5.41) is 41.5. The van der Waals surface area contributed by atoms with Gasteiger partial charge in [-0.3, -0.25) is 9.78 Å². The zero-order valence-electron chi connectivity index (χ0n) is 15.6. The number of aromatic amines is 1. The molecule has 11 heteroatoms. The molecular formula is C20H11N9O2. The number of nitrogens with zero attached hydrogens (tertiary/aromatic N) is 8. The number of pyridine rings is 1. The quantitative estimate of drug-likeness (QED) is 0.488. The molecule has 0 unspecified atom stereocenters. The van der Waals surface area contributed by atoms with Crippen molar-refractivity contribution in [1.82, 2.24) is 24.7 Å². The molecule has 11 nitrogen and oxygen atoms in total. The first-order valence-corrected chi connectivity index (χ1v) is 8.76. The summed E-state index contributed by atoms with van der Waals surface area (Å²) in [7, 11) is 0. The summed E-state index contributed by atoms with van der Waals surface area (Å²) < 4.78 is 1.21. The largest absolute Gasteiger partial charge is 0.493 e. The van der Waals surface area contributed by atoms with E-state index in [4.69, 9.17) is 0 Å². The number of hydrogen-bond donors (Lipinski definition) is 2. The molecule has 0 saturated carbocycles. The minimum absolute atomic E-state index is 0.0109. The zero-order chi connectivity index (χ0) is 21.8. The number of rotatable bonds is 4. The lowest BCUT2D eigenvalue weighted by molar-refractivity contribution is 0.453. The summed E-state index contributed by atoms with van der Waals surface area (Å²) in [5.74, 6) is -0.409. The van der Waals surface area contributed by atoms with Gasteiger partial charge >= 0.3 is 0 Å². The fourth-order valence-corrected chi connectivity index (χ4v) is 2.83. The zero-order valence-corrected chi connectivity index (χ0v) is 15.6. The number of aromatic hydroxyl groups is 1. The molecule has 0 amide bonds. The van der Waals surface area contributed by atoms with E-state index in [9.17, 15) is 20.4 Å². The molecule has 0 saturated heterocycles. The van der Waals surface area contributed by atoms with E-state index in [1.807, 2.05) is 12.1 Å². The number of nitriles is 2. The predicted molar refractivity (Wildman–Crippen MR) is 107 cm³/mol. The van der Waals surface area contributed by atoms with Crippen LogP contribution in [0.5, 0.6) is 5.88 Å². The summed E-state index contributed by atoms with van der Waals surface area (Å²) in [5.41, 5.74) is -0.477. The van der Waals surface area contributed by atoms with E-state index in [2.05, 4.69) is 30.3 Å². The number of hydrogen-bond acceptors (Lipinski definition) is 9. The maximum Gasteiger partial charge on any atom is 0.269 e. The van der Waals surface area contributed by atoms with Crippen molar-refractivity contribution in [2.45, 2.75) is 0 Å². The topological polar surface area (TPSA) is 169 Å². The maximum atomic E-state index is 12.2. The number of aromatic nitrogens is 5. The molecule has 0 bridgehead atoms. The van der Waals surface area contributed by atoms with Crippen LogP contribution in [0.2, 0.25) is 0 Å². The van der Waals surface area contributed by atoms with E-state index in [1.165, 1.54) is 23.3 Å². The highest BCUT2D eigenvalue weighted by atomic mass is 16.3. The van der Waals surface area contributed by atoms with Gasteiger partial charge in [-0.2, -0.15) is 20.3 Å². The van der Waals surface area contributed by atoms with Gasteiger partial charge in [0.15, 0.2) is 11.5 Å². The molecule has 0 aliphatic carbocycles. The van der Waals surface area contributed by atoms with E-state index in [0.717, 1.165) is 0 Å². The monoisotopic (exact) mass is 409 g/mol. The molecular weight excluding hydrogens is 398 g/mol. The van der Waals surface area contributed by atoms with Gasteiger partial charge in [0.2, 0.25) is 5.88 Å². The Morgan fingerprint density at radius 3 is 2.45 bits per heavy atom. The summed E-state index contributed by atoms with van der Waals surface area (Å²) in [4.78, 5) is 22.5. The lowest BCUT2D eigenvalue weighted by Gasteiger charge is -2.09. The maximum absolute atomic E-state index is 12.2. The summed E-state index contributed by atoms with van der Waals surface area (Å²) >= 11 is 0. The molecule has 31 heavy (non-hydrogen) atoms. The smallest absolute Gasteiger partial charge is 0.269 e. The van der Waals surface area contributed by atoms with Gasteiger partial charge < -0.3 is 5.11 Å². The molecule has 0 aliphatic heterocycles. The second-order valence-corrected chi connectivity index (χ2v) is 6.03. The first kappa shape index (κ1) is 19.2. The Bertz CT molecular complexity index is 1430. The highest BCUT2D eigenvalue weighted by Gasteiger charge is 2.20. The van der Waals surface area contributed by atoms with Gasteiger partial charge in [-0.15, -0.1) is 10.2 Å². The van der Waals surface area contributed by atoms with Gasteiger partial charge in [-0.25, -0.2) is 9.97 Å². The number of H-pyrrole nitrogens is 1. The highest BCUT2D eigenvalue weighted by Crippen LogP contribution is 2.38. The van der Waals surface area contributed by atoms with Crippen LogP contribution in [0.1, 0.15) is 11.1 Å². The lowest BCUT2D eigenvalue weighted by Crippen LogP contribution is -2.11. The summed E-state index contributed by atoms with van der Waals surface area (Å²) in [6.07, 6.45) is 4.27. The Hall–Kier alpha value is -5.16. The average molecular weight is 409 g/mol. The second kappa shape index (κ2) is 8.06. The van der Waals surface area contributed by atoms with Crippen molar-refractivity contribution >= 4 is 11.5 Å². The van der Waals surface area contributed by atoms with Crippen molar-refractivity contribution < 1.29 is 5.11 Å². The minimum atomic E-state index is -0.766. The predicted octanol–water partition coefficient (Wildman–Crippen LogP) is 2.88. The molecule has 3 aromatic heterocycles. The Morgan fingerprint density at radius 1 is 1.03 bits per heavy atom. The van der Waals surface area contributed by atoms with Crippen LogP contribution in [0.15, 0.2) is 70.0 Å². The van der Waals surface area contributed by atoms with Gasteiger partial charge in [0.25, 0.3) is 11.5 Å². The van der Waals surface area contributed by atoms with Crippen molar-refractivity contribution in [2.75, 3.05) is 0 Å². The van der Waals surface area contributed by atoms with Crippen molar-refractivity contribution in [3.63, 3.8) is 0 Å². The van der Waals surface area contributed by atoms with E-state index in [1.54, 1.807) is 36.4 Å². The SMILES string of the molecule is N#Cc1cnn(-c2ncccn2)c1/N=N/c1c(O)[nH]c(=O)c(C#N)c1-c1ccccc1.